The molecule has 12 rings (SSSR count). The van der Waals surface area contributed by atoms with Gasteiger partial charge in [-0.05, 0) is 112 Å². The van der Waals surface area contributed by atoms with Gasteiger partial charge in [0.1, 0.15) is 0 Å². The first-order valence-corrected chi connectivity index (χ1v) is 18.9. The summed E-state index contributed by atoms with van der Waals surface area (Å²) >= 11 is 1.89. The molecule has 0 bridgehead atoms. The molecular formula is C51H30S. The molecule has 0 fully saturated rings. The first kappa shape index (κ1) is 28.5. The summed E-state index contributed by atoms with van der Waals surface area (Å²) < 4.78 is 0. The average Bonchev–Trinajstić information content (AvgIpc) is 3.68. The first-order chi connectivity index (χ1) is 25.8. The van der Waals surface area contributed by atoms with Crippen molar-refractivity contribution in [2.45, 2.75) is 15.2 Å². The molecule has 1 heteroatoms. The minimum Gasteiger partial charge on any atom is -0.0888 e. The van der Waals surface area contributed by atoms with Crippen molar-refractivity contribution >= 4 is 33.3 Å². The minimum atomic E-state index is -0.405. The Labute approximate surface area is 307 Å². The van der Waals surface area contributed by atoms with Gasteiger partial charge in [0.25, 0.3) is 0 Å². The van der Waals surface area contributed by atoms with E-state index in [-0.39, 0.29) is 0 Å². The zero-order valence-electron chi connectivity index (χ0n) is 28.2. The fraction of sp³-hybridized carbons (Fsp3) is 0.0196. The third-order valence-corrected chi connectivity index (χ3v) is 13.0. The van der Waals surface area contributed by atoms with Gasteiger partial charge in [-0.1, -0.05) is 176 Å². The Morgan fingerprint density at radius 3 is 1.85 bits per heavy atom. The highest BCUT2D eigenvalue weighted by Crippen LogP contribution is 2.64. The monoisotopic (exact) mass is 674 g/mol. The Kier molecular flexibility index (Phi) is 5.73. The van der Waals surface area contributed by atoms with Crippen molar-refractivity contribution < 1.29 is 0 Å². The Morgan fingerprint density at radius 2 is 0.962 bits per heavy atom. The molecule has 3 aliphatic rings. The van der Waals surface area contributed by atoms with E-state index >= 15 is 0 Å². The van der Waals surface area contributed by atoms with Crippen molar-refractivity contribution in [3.8, 4) is 55.6 Å². The molecule has 1 heterocycles. The second-order valence-electron chi connectivity index (χ2n) is 14.3. The number of rotatable bonds is 2. The van der Waals surface area contributed by atoms with Crippen LogP contribution < -0.4 is 0 Å². The largest absolute Gasteiger partial charge is 0.0888 e. The van der Waals surface area contributed by atoms with Crippen molar-refractivity contribution in [3.05, 3.63) is 204 Å². The highest BCUT2D eigenvalue weighted by Gasteiger charge is 2.52. The van der Waals surface area contributed by atoms with Crippen LogP contribution in [0.5, 0.6) is 0 Å². The molecule has 0 nitrogen and oxygen atoms in total. The molecule has 9 aromatic carbocycles. The third kappa shape index (κ3) is 3.59. The van der Waals surface area contributed by atoms with E-state index in [2.05, 4.69) is 182 Å². The molecule has 2 aliphatic carbocycles. The van der Waals surface area contributed by atoms with E-state index in [0.29, 0.717) is 0 Å². The zero-order chi connectivity index (χ0) is 34.0. The normalized spacial score (nSPS) is 15.7. The van der Waals surface area contributed by atoms with E-state index in [1.54, 1.807) is 0 Å². The second-order valence-corrected chi connectivity index (χ2v) is 15.4. The predicted octanol–water partition coefficient (Wildman–Crippen LogP) is 13.8. The van der Waals surface area contributed by atoms with Crippen LogP contribution in [0.4, 0.5) is 0 Å². The summed E-state index contributed by atoms with van der Waals surface area (Å²) in [6.45, 7) is 0. The molecule has 52 heavy (non-hydrogen) atoms. The molecule has 0 radical (unpaired) electrons. The number of benzene rings is 9. The van der Waals surface area contributed by atoms with Crippen LogP contribution in [0.3, 0.4) is 0 Å². The van der Waals surface area contributed by atoms with E-state index in [0.717, 1.165) is 0 Å². The number of hydrogen-bond donors (Lipinski definition) is 0. The molecule has 0 aromatic heterocycles. The fourth-order valence-electron chi connectivity index (χ4n) is 9.86. The van der Waals surface area contributed by atoms with Crippen LogP contribution >= 0.6 is 11.8 Å². The van der Waals surface area contributed by atoms with Gasteiger partial charge in [0, 0.05) is 15.2 Å². The van der Waals surface area contributed by atoms with E-state index in [4.69, 9.17) is 0 Å². The first-order valence-electron chi connectivity index (χ1n) is 18.1. The summed E-state index contributed by atoms with van der Waals surface area (Å²) in [6, 6.07) is 68.5. The SMILES string of the molecule is c1ccc2c(c1)Sc1ccc(-c3ccccc3-c3ccc4c(c3)C3(c5ccccc5-4)c4ccccc4-c4c3ccc3ccccc43)c3cccc-2c13. The summed E-state index contributed by atoms with van der Waals surface area (Å²) in [5, 5.41) is 5.26. The van der Waals surface area contributed by atoms with E-state index < -0.39 is 5.41 Å². The second kappa shape index (κ2) is 10.4. The number of fused-ring (bicyclic) bond motifs is 14. The highest BCUT2D eigenvalue weighted by atomic mass is 32.2. The smallest absolute Gasteiger partial charge is 0.0725 e. The van der Waals surface area contributed by atoms with Gasteiger partial charge in [-0.2, -0.15) is 0 Å². The molecular weight excluding hydrogens is 645 g/mol. The topological polar surface area (TPSA) is 0 Å². The Morgan fingerprint density at radius 1 is 0.327 bits per heavy atom. The average molecular weight is 675 g/mol. The summed E-state index contributed by atoms with van der Waals surface area (Å²) in [4.78, 5) is 2.65. The molecule has 9 aromatic rings. The van der Waals surface area contributed by atoms with Gasteiger partial charge < -0.3 is 0 Å². The van der Waals surface area contributed by atoms with Crippen LogP contribution in [0.25, 0.3) is 77.2 Å². The van der Waals surface area contributed by atoms with E-state index in [1.807, 2.05) is 11.8 Å². The van der Waals surface area contributed by atoms with Crippen molar-refractivity contribution in [1.82, 2.24) is 0 Å². The Hall–Kier alpha value is -6.15. The van der Waals surface area contributed by atoms with Crippen molar-refractivity contribution in [3.63, 3.8) is 0 Å². The van der Waals surface area contributed by atoms with Crippen LogP contribution in [-0.4, -0.2) is 0 Å². The molecule has 0 saturated heterocycles. The van der Waals surface area contributed by atoms with Crippen LogP contribution in [0.1, 0.15) is 22.3 Å². The van der Waals surface area contributed by atoms with Crippen LogP contribution in [-0.2, 0) is 5.41 Å². The lowest BCUT2D eigenvalue weighted by Gasteiger charge is -2.31. The van der Waals surface area contributed by atoms with E-state index in [1.165, 1.54) is 109 Å². The summed E-state index contributed by atoms with van der Waals surface area (Å²) in [6.07, 6.45) is 0. The van der Waals surface area contributed by atoms with Gasteiger partial charge in [0.15, 0.2) is 0 Å². The molecule has 0 saturated carbocycles. The predicted molar refractivity (Wildman–Crippen MR) is 218 cm³/mol. The maximum absolute atomic E-state index is 2.52. The lowest BCUT2D eigenvalue weighted by Crippen LogP contribution is -2.25. The van der Waals surface area contributed by atoms with Gasteiger partial charge in [-0.15, -0.1) is 0 Å². The molecule has 1 atom stereocenters. The standard InChI is InChI=1S/C51H30S/c1-2-14-34-31(12-1)25-28-45-49(34)42-18-6-9-22-44(42)51(45)43-21-8-5-16-37(43)38-26-24-32(30-46(38)51)33-13-3-4-15-35(33)36-27-29-48-50-40(36)19-11-20-41(50)39-17-7-10-23-47(39)52-48/h1-30H. The lowest BCUT2D eigenvalue weighted by molar-refractivity contribution is 0.795. The maximum Gasteiger partial charge on any atom is 0.0725 e. The van der Waals surface area contributed by atoms with Gasteiger partial charge in [-0.25, -0.2) is 0 Å². The Balaban J connectivity index is 1.12. The maximum atomic E-state index is 2.52. The lowest BCUT2D eigenvalue weighted by atomic mass is 9.70. The summed E-state index contributed by atoms with van der Waals surface area (Å²) in [7, 11) is 0. The quantitative estimate of drug-likeness (QED) is 0.176. The van der Waals surface area contributed by atoms with Crippen LogP contribution in [0.2, 0.25) is 0 Å². The summed E-state index contributed by atoms with van der Waals surface area (Å²) in [5.74, 6) is 0. The van der Waals surface area contributed by atoms with Gasteiger partial charge in [0.2, 0.25) is 0 Å². The zero-order valence-corrected chi connectivity index (χ0v) is 29.0. The van der Waals surface area contributed by atoms with Crippen LogP contribution in [0.15, 0.2) is 192 Å². The van der Waals surface area contributed by atoms with Crippen LogP contribution in [0, 0.1) is 0 Å². The van der Waals surface area contributed by atoms with Crippen molar-refractivity contribution in [2.75, 3.05) is 0 Å². The van der Waals surface area contributed by atoms with Gasteiger partial charge in [0.05, 0.1) is 5.41 Å². The molecule has 1 aliphatic heterocycles. The van der Waals surface area contributed by atoms with Gasteiger partial charge >= 0.3 is 0 Å². The summed E-state index contributed by atoms with van der Waals surface area (Å²) in [5.41, 5.74) is 18.1. The molecule has 0 N–H and O–H groups in total. The van der Waals surface area contributed by atoms with E-state index in [9.17, 15) is 0 Å². The van der Waals surface area contributed by atoms with Gasteiger partial charge in [-0.3, -0.25) is 0 Å². The van der Waals surface area contributed by atoms with Crippen molar-refractivity contribution in [2.24, 2.45) is 0 Å². The fourth-order valence-corrected chi connectivity index (χ4v) is 11.0. The Bertz CT molecular complexity index is 3000. The third-order valence-electron chi connectivity index (χ3n) is 11.9. The number of hydrogen-bond acceptors (Lipinski definition) is 1. The minimum absolute atomic E-state index is 0.405. The molecule has 240 valence electrons. The molecule has 0 amide bonds. The highest BCUT2D eigenvalue weighted by molar-refractivity contribution is 7.99. The molecule has 1 unspecified atom stereocenters. The molecule has 1 spiro atoms. The van der Waals surface area contributed by atoms with Crippen molar-refractivity contribution in [1.29, 1.82) is 0 Å².